The predicted molar refractivity (Wildman–Crippen MR) is 64.1 cm³/mol. The molecule has 2 fully saturated rings. The third-order valence-electron chi connectivity index (χ3n) is 4.76. The molecule has 18 heavy (non-hydrogen) atoms. The van der Waals surface area contributed by atoms with Gasteiger partial charge in [0, 0.05) is 6.42 Å². The van der Waals surface area contributed by atoms with Gasteiger partial charge in [-0.25, -0.2) is 0 Å². The predicted octanol–water partition coefficient (Wildman–Crippen LogP) is 4.30. The van der Waals surface area contributed by atoms with Gasteiger partial charge in [-0.05, 0) is 63.2 Å². The molecular weight excluding hydrogens is 241 g/mol. The van der Waals surface area contributed by atoms with Gasteiger partial charge in [-0.1, -0.05) is 6.42 Å². The molecule has 2 saturated carbocycles. The van der Waals surface area contributed by atoms with E-state index in [1.807, 2.05) is 0 Å². The van der Waals surface area contributed by atoms with Gasteiger partial charge in [-0.15, -0.1) is 0 Å². The molecule has 0 spiro atoms. The lowest BCUT2D eigenvalue weighted by molar-refractivity contribution is -0.138. The van der Waals surface area contributed by atoms with Crippen LogP contribution >= 0.6 is 0 Å². The van der Waals surface area contributed by atoms with Gasteiger partial charge in [0.05, 0.1) is 5.60 Å². The molecular formula is C14H23F3O. The van der Waals surface area contributed by atoms with Crippen LogP contribution < -0.4 is 0 Å². The molecule has 0 radical (unpaired) electrons. The molecule has 4 atom stereocenters. The van der Waals surface area contributed by atoms with Crippen molar-refractivity contribution in [3.63, 3.8) is 0 Å². The van der Waals surface area contributed by atoms with Crippen molar-refractivity contribution in [2.24, 2.45) is 17.8 Å². The zero-order valence-corrected chi connectivity index (χ0v) is 11.0. The Kier molecular flexibility index (Phi) is 3.96. The van der Waals surface area contributed by atoms with Gasteiger partial charge < -0.3 is 5.11 Å². The summed E-state index contributed by atoms with van der Waals surface area (Å²) in [5.74, 6) is 2.10. The highest BCUT2D eigenvalue weighted by molar-refractivity contribution is 4.93. The molecule has 0 heterocycles. The lowest BCUT2D eigenvalue weighted by atomic mass is 9.79. The molecule has 2 aliphatic carbocycles. The highest BCUT2D eigenvalue weighted by atomic mass is 19.4. The molecule has 2 aliphatic rings. The molecule has 0 aromatic heterocycles. The van der Waals surface area contributed by atoms with Crippen LogP contribution in [0.5, 0.6) is 0 Å². The van der Waals surface area contributed by atoms with E-state index in [-0.39, 0.29) is 12.8 Å². The van der Waals surface area contributed by atoms with Crippen molar-refractivity contribution in [3.05, 3.63) is 0 Å². The first-order valence-corrected chi connectivity index (χ1v) is 7.04. The summed E-state index contributed by atoms with van der Waals surface area (Å²) in [6, 6.07) is 0. The number of aliphatic hydroxyl groups is 1. The van der Waals surface area contributed by atoms with Crippen LogP contribution in [0.3, 0.4) is 0 Å². The van der Waals surface area contributed by atoms with E-state index in [1.54, 1.807) is 6.92 Å². The van der Waals surface area contributed by atoms with Gasteiger partial charge in [-0.3, -0.25) is 0 Å². The summed E-state index contributed by atoms with van der Waals surface area (Å²) in [4.78, 5) is 0. The van der Waals surface area contributed by atoms with Crippen LogP contribution in [0.25, 0.3) is 0 Å². The minimum Gasteiger partial charge on any atom is -0.390 e. The van der Waals surface area contributed by atoms with Crippen molar-refractivity contribution in [1.29, 1.82) is 0 Å². The largest absolute Gasteiger partial charge is 0.390 e. The van der Waals surface area contributed by atoms with Crippen molar-refractivity contribution in [2.45, 2.75) is 70.1 Å². The van der Waals surface area contributed by atoms with Gasteiger partial charge in [0.2, 0.25) is 0 Å². The third kappa shape index (κ3) is 3.87. The lowest BCUT2D eigenvalue weighted by Crippen LogP contribution is -2.30. The lowest BCUT2D eigenvalue weighted by Gasteiger charge is -2.31. The summed E-state index contributed by atoms with van der Waals surface area (Å²) in [5.41, 5.74) is -0.916. The fourth-order valence-electron chi connectivity index (χ4n) is 3.96. The maximum atomic E-state index is 12.1. The van der Waals surface area contributed by atoms with Crippen LogP contribution in [0, 0.1) is 17.8 Å². The Morgan fingerprint density at radius 1 is 1.11 bits per heavy atom. The SMILES string of the molecule is CC(O)(CCCC(F)(F)F)CC1CC2CCC1C2. The topological polar surface area (TPSA) is 20.2 Å². The summed E-state index contributed by atoms with van der Waals surface area (Å²) < 4.78 is 36.2. The third-order valence-corrected chi connectivity index (χ3v) is 4.76. The van der Waals surface area contributed by atoms with E-state index >= 15 is 0 Å². The Balaban J connectivity index is 1.73. The van der Waals surface area contributed by atoms with Crippen LogP contribution in [0.4, 0.5) is 13.2 Å². The maximum absolute atomic E-state index is 12.1. The molecule has 0 aromatic rings. The minimum atomic E-state index is -4.09. The number of halogens is 3. The number of alkyl halides is 3. The van der Waals surface area contributed by atoms with E-state index in [2.05, 4.69) is 0 Å². The molecule has 0 amide bonds. The quantitative estimate of drug-likeness (QED) is 0.785. The zero-order chi connectivity index (χ0) is 13.4. The summed E-state index contributed by atoms with van der Waals surface area (Å²) in [7, 11) is 0. The first kappa shape index (κ1) is 14.2. The minimum absolute atomic E-state index is 0.0390. The van der Waals surface area contributed by atoms with Crippen molar-refractivity contribution in [1.82, 2.24) is 0 Å². The van der Waals surface area contributed by atoms with Crippen LogP contribution in [0.15, 0.2) is 0 Å². The number of hydrogen-bond donors (Lipinski definition) is 1. The molecule has 1 nitrogen and oxygen atoms in total. The smallest absolute Gasteiger partial charge is 0.389 e. The first-order chi connectivity index (χ1) is 8.25. The van der Waals surface area contributed by atoms with Crippen molar-refractivity contribution >= 4 is 0 Å². The number of rotatable bonds is 5. The second kappa shape index (κ2) is 5.03. The monoisotopic (exact) mass is 264 g/mol. The first-order valence-electron chi connectivity index (χ1n) is 7.04. The Morgan fingerprint density at radius 3 is 2.33 bits per heavy atom. The van der Waals surface area contributed by atoms with Gasteiger partial charge in [0.25, 0.3) is 0 Å². The molecule has 2 rings (SSSR count). The van der Waals surface area contributed by atoms with E-state index in [1.165, 1.54) is 25.7 Å². The van der Waals surface area contributed by atoms with E-state index in [9.17, 15) is 18.3 Å². The highest BCUT2D eigenvalue weighted by Crippen LogP contribution is 2.51. The fourth-order valence-corrected chi connectivity index (χ4v) is 3.96. The Morgan fingerprint density at radius 2 is 1.83 bits per heavy atom. The van der Waals surface area contributed by atoms with Crippen LogP contribution in [-0.2, 0) is 0 Å². The van der Waals surface area contributed by atoms with Crippen LogP contribution in [-0.4, -0.2) is 16.9 Å². The molecule has 106 valence electrons. The molecule has 2 bridgehead atoms. The van der Waals surface area contributed by atoms with E-state index < -0.39 is 18.2 Å². The Bertz CT molecular complexity index is 285. The molecule has 0 aromatic carbocycles. The number of fused-ring (bicyclic) bond motifs is 2. The van der Waals surface area contributed by atoms with Gasteiger partial charge in [-0.2, -0.15) is 13.2 Å². The summed E-state index contributed by atoms with van der Waals surface area (Å²) in [5, 5.41) is 10.2. The zero-order valence-electron chi connectivity index (χ0n) is 11.0. The van der Waals surface area contributed by atoms with E-state index in [4.69, 9.17) is 0 Å². The molecule has 4 unspecified atom stereocenters. The Labute approximate surface area is 107 Å². The summed E-state index contributed by atoms with van der Waals surface area (Å²) in [6.07, 6.45) is 1.15. The van der Waals surface area contributed by atoms with Crippen molar-refractivity contribution < 1.29 is 18.3 Å². The van der Waals surface area contributed by atoms with Crippen LogP contribution in [0.1, 0.15) is 58.3 Å². The van der Waals surface area contributed by atoms with Gasteiger partial charge in [0.1, 0.15) is 0 Å². The van der Waals surface area contributed by atoms with Crippen LogP contribution in [0.2, 0.25) is 0 Å². The summed E-state index contributed by atoms with van der Waals surface area (Å²) in [6.45, 7) is 1.70. The molecule has 0 saturated heterocycles. The average Bonchev–Trinajstić information content (AvgIpc) is 2.75. The molecule has 0 aliphatic heterocycles. The van der Waals surface area contributed by atoms with Crippen molar-refractivity contribution in [2.75, 3.05) is 0 Å². The maximum Gasteiger partial charge on any atom is 0.389 e. The van der Waals surface area contributed by atoms with Crippen molar-refractivity contribution in [3.8, 4) is 0 Å². The van der Waals surface area contributed by atoms with E-state index in [0.29, 0.717) is 12.3 Å². The normalized spacial score (nSPS) is 34.8. The highest BCUT2D eigenvalue weighted by Gasteiger charge is 2.42. The standard InChI is InChI=1S/C14H23F3O/c1-13(18,5-2-6-14(15,16)17)9-12-8-10-3-4-11(12)7-10/h10-12,18H,2-9H2,1H3. The second-order valence-corrected chi connectivity index (χ2v) is 6.60. The Hall–Kier alpha value is -0.250. The second-order valence-electron chi connectivity index (χ2n) is 6.60. The molecule has 1 N–H and O–H groups in total. The fraction of sp³-hybridized carbons (Fsp3) is 1.00. The van der Waals surface area contributed by atoms with E-state index in [0.717, 1.165) is 11.8 Å². The van der Waals surface area contributed by atoms with Gasteiger partial charge in [0.15, 0.2) is 0 Å². The summed E-state index contributed by atoms with van der Waals surface area (Å²) >= 11 is 0. The van der Waals surface area contributed by atoms with Gasteiger partial charge >= 0.3 is 6.18 Å². The average molecular weight is 264 g/mol. The number of hydrogen-bond acceptors (Lipinski definition) is 1. The molecule has 4 heteroatoms.